The number of hydrogen-bond donors (Lipinski definition) is 2. The van der Waals surface area contributed by atoms with Gasteiger partial charge in [0, 0.05) is 11.8 Å². The van der Waals surface area contributed by atoms with Crippen LogP contribution in [-0.4, -0.2) is 41.0 Å². The van der Waals surface area contributed by atoms with Crippen molar-refractivity contribution in [3.63, 3.8) is 0 Å². The van der Waals surface area contributed by atoms with Crippen molar-refractivity contribution in [1.29, 1.82) is 0 Å². The monoisotopic (exact) mass is 334 g/mol. The molecule has 128 valence electrons. The average molecular weight is 334 g/mol. The molecule has 1 rings (SSSR count). The maximum absolute atomic E-state index is 12.8. The van der Waals surface area contributed by atoms with Crippen molar-refractivity contribution >= 4 is 11.8 Å². The number of nitrogens with zero attached hydrogens (tertiary/aromatic N) is 1. The van der Waals surface area contributed by atoms with Gasteiger partial charge in [0.1, 0.15) is 5.56 Å². The number of ether oxygens (including phenoxy) is 1. The number of aromatic hydroxyl groups is 1. The number of aromatic nitrogens is 1. The van der Waals surface area contributed by atoms with Gasteiger partial charge in [-0.15, -0.1) is 0 Å². The largest absolute Gasteiger partial charge is 0.493 e. The normalized spacial score (nSPS) is 12.7. The van der Waals surface area contributed by atoms with Gasteiger partial charge in [0.05, 0.1) is 6.61 Å². The van der Waals surface area contributed by atoms with Gasteiger partial charge in [-0.25, -0.2) is 9.78 Å². The van der Waals surface area contributed by atoms with E-state index in [1.807, 2.05) is 0 Å². The Bertz CT molecular complexity index is 576. The van der Waals surface area contributed by atoms with Crippen LogP contribution < -0.4 is 5.32 Å². The number of esters is 1. The number of Topliss-reactive ketones (excluding diaryl/α,β-unsaturated/α-hetero) is 1. The Labute approximate surface area is 130 Å². The number of nitrogens with one attached hydrogen (secondary N) is 1. The number of carbonyl (C=O) groups excluding carboxylic acids is 2. The van der Waals surface area contributed by atoms with Gasteiger partial charge in [-0.1, -0.05) is 6.92 Å². The number of ketones is 1. The summed E-state index contributed by atoms with van der Waals surface area (Å²) in [5, 5.41) is 11.8. The molecule has 2 N–H and O–H groups in total. The quantitative estimate of drug-likeness (QED) is 0.450. The standard InChI is InChI=1S/C14H17F3N2O4/c1-3-5-18-10(13(22)23-4-2)11(20)8-6-9(14(15,16)17)12(21)19-7-8/h6-7,10,18H,3-5H2,1-2H3,(H,19,21). The van der Waals surface area contributed by atoms with Crippen LogP contribution in [0.15, 0.2) is 12.3 Å². The van der Waals surface area contributed by atoms with E-state index in [4.69, 9.17) is 4.74 Å². The molecule has 0 fully saturated rings. The summed E-state index contributed by atoms with van der Waals surface area (Å²) in [6.45, 7) is 3.66. The molecule has 0 amide bonds. The molecule has 0 aliphatic heterocycles. The van der Waals surface area contributed by atoms with Gasteiger partial charge in [-0.3, -0.25) is 10.1 Å². The van der Waals surface area contributed by atoms with Crippen molar-refractivity contribution in [2.45, 2.75) is 32.5 Å². The minimum absolute atomic E-state index is 0.0258. The molecule has 0 bridgehead atoms. The number of pyridine rings is 1. The lowest BCUT2D eigenvalue weighted by atomic mass is 10.0. The van der Waals surface area contributed by atoms with E-state index < -0.39 is 41.0 Å². The Morgan fingerprint density at radius 2 is 2.04 bits per heavy atom. The number of carbonyl (C=O) groups is 2. The number of halogens is 3. The first-order valence-electron chi connectivity index (χ1n) is 6.92. The third kappa shape index (κ3) is 4.92. The first kappa shape index (κ1) is 18.9. The second-order valence-electron chi connectivity index (χ2n) is 4.60. The van der Waals surface area contributed by atoms with E-state index in [-0.39, 0.29) is 6.61 Å². The van der Waals surface area contributed by atoms with Crippen LogP contribution in [-0.2, 0) is 15.7 Å². The molecule has 1 atom stereocenters. The van der Waals surface area contributed by atoms with Crippen LogP contribution in [0, 0.1) is 0 Å². The van der Waals surface area contributed by atoms with E-state index in [1.54, 1.807) is 13.8 Å². The van der Waals surface area contributed by atoms with E-state index in [0.717, 1.165) is 6.20 Å². The Kier molecular flexibility index (Phi) is 6.49. The molecule has 0 aromatic carbocycles. The molecule has 1 unspecified atom stereocenters. The maximum atomic E-state index is 12.8. The van der Waals surface area contributed by atoms with Gasteiger partial charge in [-0.2, -0.15) is 13.2 Å². The fourth-order valence-corrected chi connectivity index (χ4v) is 1.76. The first-order valence-corrected chi connectivity index (χ1v) is 6.92. The molecule has 0 spiro atoms. The van der Waals surface area contributed by atoms with E-state index in [9.17, 15) is 27.9 Å². The zero-order valence-corrected chi connectivity index (χ0v) is 12.6. The van der Waals surface area contributed by atoms with Crippen LogP contribution in [0.1, 0.15) is 36.2 Å². The molecule has 1 aromatic heterocycles. The summed E-state index contributed by atoms with van der Waals surface area (Å²) in [5.41, 5.74) is -1.89. The van der Waals surface area contributed by atoms with Crippen LogP contribution in [0.2, 0.25) is 0 Å². The van der Waals surface area contributed by atoms with Gasteiger partial charge in [0.25, 0.3) is 0 Å². The van der Waals surface area contributed by atoms with Crippen molar-refractivity contribution in [3.8, 4) is 5.88 Å². The zero-order chi connectivity index (χ0) is 17.6. The van der Waals surface area contributed by atoms with Crippen LogP contribution in [0.25, 0.3) is 0 Å². The topological polar surface area (TPSA) is 88.5 Å². The highest BCUT2D eigenvalue weighted by Crippen LogP contribution is 2.34. The first-order chi connectivity index (χ1) is 10.7. The zero-order valence-electron chi connectivity index (χ0n) is 12.6. The smallest absolute Gasteiger partial charge is 0.421 e. The molecule has 9 heteroatoms. The van der Waals surface area contributed by atoms with E-state index in [0.29, 0.717) is 19.0 Å². The predicted molar refractivity (Wildman–Crippen MR) is 73.9 cm³/mol. The molecule has 6 nitrogen and oxygen atoms in total. The predicted octanol–water partition coefficient (Wildman–Crippen LogP) is 1.92. The van der Waals surface area contributed by atoms with Crippen molar-refractivity contribution in [2.24, 2.45) is 0 Å². The molecule has 23 heavy (non-hydrogen) atoms. The van der Waals surface area contributed by atoms with Crippen LogP contribution in [0.4, 0.5) is 13.2 Å². The van der Waals surface area contributed by atoms with Crippen molar-refractivity contribution in [3.05, 3.63) is 23.4 Å². The Morgan fingerprint density at radius 1 is 1.39 bits per heavy atom. The molecule has 1 heterocycles. The summed E-state index contributed by atoms with van der Waals surface area (Å²) >= 11 is 0. The fraction of sp³-hybridized carbons (Fsp3) is 0.500. The lowest BCUT2D eigenvalue weighted by molar-refractivity contribution is -0.144. The third-order valence-corrected chi connectivity index (χ3v) is 2.84. The van der Waals surface area contributed by atoms with Crippen LogP contribution >= 0.6 is 0 Å². The summed E-state index contributed by atoms with van der Waals surface area (Å²) in [7, 11) is 0. The second kappa shape index (κ2) is 7.91. The van der Waals surface area contributed by atoms with Gasteiger partial charge in [0.15, 0.2) is 11.8 Å². The summed E-state index contributed by atoms with van der Waals surface area (Å²) in [6, 6.07) is -0.966. The Hall–Kier alpha value is -2.16. The molecular formula is C14H17F3N2O4. The summed E-state index contributed by atoms with van der Waals surface area (Å²) in [5.74, 6) is -3.02. The summed E-state index contributed by atoms with van der Waals surface area (Å²) < 4.78 is 43.0. The van der Waals surface area contributed by atoms with Gasteiger partial charge in [-0.05, 0) is 26.0 Å². The fourth-order valence-electron chi connectivity index (χ4n) is 1.76. The SMILES string of the molecule is CCCNC(C(=O)OCC)C(=O)c1cnc(O)c(C(F)(F)F)c1. The van der Waals surface area contributed by atoms with Crippen molar-refractivity contribution in [2.75, 3.05) is 13.2 Å². The lowest BCUT2D eigenvalue weighted by Gasteiger charge is -2.16. The average Bonchev–Trinajstić information content (AvgIpc) is 2.47. The van der Waals surface area contributed by atoms with Crippen LogP contribution in [0.3, 0.4) is 0 Å². The van der Waals surface area contributed by atoms with Gasteiger partial charge in [0.2, 0.25) is 5.88 Å². The van der Waals surface area contributed by atoms with Crippen LogP contribution in [0.5, 0.6) is 5.88 Å². The van der Waals surface area contributed by atoms with Crippen molar-refractivity contribution in [1.82, 2.24) is 10.3 Å². The highest BCUT2D eigenvalue weighted by Gasteiger charge is 2.37. The summed E-state index contributed by atoms with van der Waals surface area (Å²) in [4.78, 5) is 27.3. The van der Waals surface area contributed by atoms with E-state index in [2.05, 4.69) is 10.3 Å². The number of alkyl halides is 3. The maximum Gasteiger partial charge on any atom is 0.421 e. The highest BCUT2D eigenvalue weighted by molar-refractivity contribution is 6.12. The van der Waals surface area contributed by atoms with Gasteiger partial charge < -0.3 is 9.84 Å². The number of rotatable bonds is 7. The van der Waals surface area contributed by atoms with Crippen molar-refractivity contribution < 1.29 is 32.6 Å². The molecule has 0 saturated carbocycles. The third-order valence-electron chi connectivity index (χ3n) is 2.84. The number of hydrogen-bond acceptors (Lipinski definition) is 6. The molecule has 0 saturated heterocycles. The minimum Gasteiger partial charge on any atom is -0.493 e. The second-order valence-corrected chi connectivity index (χ2v) is 4.60. The molecule has 0 aliphatic carbocycles. The van der Waals surface area contributed by atoms with E-state index in [1.165, 1.54) is 0 Å². The molecule has 1 aromatic rings. The summed E-state index contributed by atoms with van der Waals surface area (Å²) in [6.07, 6.45) is -3.48. The lowest BCUT2D eigenvalue weighted by Crippen LogP contribution is -2.45. The molecular weight excluding hydrogens is 317 g/mol. The highest BCUT2D eigenvalue weighted by atomic mass is 19.4. The Balaban J connectivity index is 3.15. The minimum atomic E-state index is -4.87. The van der Waals surface area contributed by atoms with Gasteiger partial charge >= 0.3 is 12.1 Å². The molecule has 0 aliphatic rings. The van der Waals surface area contributed by atoms with E-state index >= 15 is 0 Å². The molecule has 0 radical (unpaired) electrons. The Morgan fingerprint density at radius 3 is 2.57 bits per heavy atom.